The Morgan fingerprint density at radius 2 is 1.88 bits per heavy atom. The Hall–Kier alpha value is -4.51. The van der Waals surface area contributed by atoms with Gasteiger partial charge in [0, 0.05) is 16.5 Å². The van der Waals surface area contributed by atoms with Crippen LogP contribution in [0.25, 0.3) is 10.9 Å². The quantitative estimate of drug-likeness (QED) is 0.455. The van der Waals surface area contributed by atoms with Crippen molar-refractivity contribution in [3.8, 4) is 23.3 Å². The number of rotatable bonds is 7. The number of aromatic nitrogens is 2. The predicted octanol–water partition coefficient (Wildman–Crippen LogP) is 4.28. The van der Waals surface area contributed by atoms with Crippen LogP contribution in [0.3, 0.4) is 0 Å². The fourth-order valence-corrected chi connectivity index (χ4v) is 3.25. The van der Waals surface area contributed by atoms with E-state index in [9.17, 15) is 10.1 Å². The van der Waals surface area contributed by atoms with Crippen LogP contribution in [0.2, 0.25) is 0 Å². The third kappa shape index (κ3) is 4.18. The zero-order valence-electron chi connectivity index (χ0n) is 17.5. The van der Waals surface area contributed by atoms with Crippen molar-refractivity contribution in [2.45, 2.75) is 6.61 Å². The van der Waals surface area contributed by atoms with Crippen molar-refractivity contribution in [3.05, 3.63) is 77.4 Å². The van der Waals surface area contributed by atoms with E-state index in [0.29, 0.717) is 39.6 Å². The van der Waals surface area contributed by atoms with Gasteiger partial charge >= 0.3 is 0 Å². The van der Waals surface area contributed by atoms with Crippen LogP contribution in [0.4, 0.5) is 5.82 Å². The van der Waals surface area contributed by atoms with Crippen molar-refractivity contribution in [2.75, 3.05) is 19.5 Å². The molecule has 2 N–H and O–H groups in total. The van der Waals surface area contributed by atoms with E-state index in [-0.39, 0.29) is 12.5 Å². The second-order valence-electron chi connectivity index (χ2n) is 6.86. The number of carbonyl (C=O) groups excluding carboxylic acids is 1. The molecule has 0 saturated carbocycles. The van der Waals surface area contributed by atoms with Gasteiger partial charge < -0.3 is 19.5 Å². The predicted molar refractivity (Wildman–Crippen MR) is 119 cm³/mol. The molecule has 1 aromatic heterocycles. The van der Waals surface area contributed by atoms with Crippen molar-refractivity contribution >= 4 is 22.6 Å². The van der Waals surface area contributed by atoms with Crippen molar-refractivity contribution in [1.29, 1.82) is 5.26 Å². The number of hydrogen-bond donors (Lipinski definition) is 2. The Labute approximate surface area is 184 Å². The van der Waals surface area contributed by atoms with Crippen molar-refractivity contribution < 1.29 is 19.0 Å². The molecule has 4 aromatic rings. The van der Waals surface area contributed by atoms with E-state index < -0.39 is 0 Å². The molecule has 1 amide bonds. The minimum atomic E-state index is -0.339. The minimum absolute atomic E-state index is 0.250. The third-order valence-corrected chi connectivity index (χ3v) is 4.94. The van der Waals surface area contributed by atoms with Crippen molar-refractivity contribution in [2.24, 2.45) is 0 Å². The summed E-state index contributed by atoms with van der Waals surface area (Å²) in [5.74, 6) is 1.62. The first-order valence-electron chi connectivity index (χ1n) is 9.75. The zero-order valence-corrected chi connectivity index (χ0v) is 17.5. The highest BCUT2D eigenvalue weighted by atomic mass is 16.5. The minimum Gasteiger partial charge on any atom is -0.493 e. The number of aromatic amines is 1. The summed E-state index contributed by atoms with van der Waals surface area (Å²) in [6, 6.07) is 19.8. The van der Waals surface area contributed by atoms with E-state index in [1.165, 1.54) is 14.2 Å². The van der Waals surface area contributed by atoms with Gasteiger partial charge in [-0.05, 0) is 42.5 Å². The van der Waals surface area contributed by atoms with Gasteiger partial charge in [0.15, 0.2) is 17.3 Å². The summed E-state index contributed by atoms with van der Waals surface area (Å²) >= 11 is 0. The second-order valence-corrected chi connectivity index (χ2v) is 6.86. The molecule has 0 fully saturated rings. The molecule has 0 aliphatic carbocycles. The molecule has 8 heteroatoms. The van der Waals surface area contributed by atoms with Gasteiger partial charge in [-0.1, -0.05) is 18.2 Å². The lowest BCUT2D eigenvalue weighted by Gasteiger charge is -2.10. The van der Waals surface area contributed by atoms with Crippen molar-refractivity contribution in [3.63, 3.8) is 0 Å². The third-order valence-electron chi connectivity index (χ3n) is 4.94. The summed E-state index contributed by atoms with van der Waals surface area (Å²) in [6.07, 6.45) is 0. The van der Waals surface area contributed by atoms with E-state index in [1.54, 1.807) is 36.4 Å². The summed E-state index contributed by atoms with van der Waals surface area (Å²) in [4.78, 5) is 12.8. The molecular weight excluding hydrogens is 408 g/mol. The Bertz CT molecular complexity index is 1320. The molecule has 0 spiro atoms. The fraction of sp³-hybridized carbons (Fsp3) is 0.125. The number of ether oxygens (including phenoxy) is 3. The molecule has 4 rings (SSSR count). The van der Waals surface area contributed by atoms with Gasteiger partial charge in [-0.15, -0.1) is 0 Å². The molecule has 1 heterocycles. The monoisotopic (exact) mass is 428 g/mol. The number of H-pyrrole nitrogens is 1. The highest BCUT2D eigenvalue weighted by Gasteiger charge is 2.15. The number of nitrogens with zero attached hydrogens (tertiary/aromatic N) is 2. The smallest absolute Gasteiger partial charge is 0.257 e. The Morgan fingerprint density at radius 3 is 2.66 bits per heavy atom. The van der Waals surface area contributed by atoms with Crippen LogP contribution in [0.15, 0.2) is 60.7 Å². The molecule has 0 unspecified atom stereocenters. The number of carbonyl (C=O) groups is 1. The number of nitriles is 1. The number of nitrogens with one attached hydrogen (secondary N) is 2. The Balaban J connectivity index is 1.54. The van der Waals surface area contributed by atoms with Crippen LogP contribution in [-0.2, 0) is 6.61 Å². The fourth-order valence-electron chi connectivity index (χ4n) is 3.25. The molecule has 3 aromatic carbocycles. The first-order chi connectivity index (χ1) is 15.6. The van der Waals surface area contributed by atoms with Gasteiger partial charge in [0.25, 0.3) is 5.91 Å². The number of benzene rings is 3. The molecule has 160 valence electrons. The van der Waals surface area contributed by atoms with E-state index in [1.807, 2.05) is 24.3 Å². The lowest BCUT2D eigenvalue weighted by molar-refractivity contribution is 0.102. The van der Waals surface area contributed by atoms with Crippen molar-refractivity contribution in [1.82, 2.24) is 10.2 Å². The second kappa shape index (κ2) is 9.10. The first-order valence-corrected chi connectivity index (χ1v) is 9.75. The summed E-state index contributed by atoms with van der Waals surface area (Å²) in [7, 11) is 3.04. The average molecular weight is 428 g/mol. The topological polar surface area (TPSA) is 109 Å². The molecule has 8 nitrogen and oxygen atoms in total. The van der Waals surface area contributed by atoms with Crippen LogP contribution in [0.1, 0.15) is 21.5 Å². The molecule has 32 heavy (non-hydrogen) atoms. The summed E-state index contributed by atoms with van der Waals surface area (Å²) in [5, 5.41) is 19.9. The molecule has 0 aliphatic heterocycles. The highest BCUT2D eigenvalue weighted by molar-refractivity contribution is 6.08. The maximum Gasteiger partial charge on any atom is 0.257 e. The summed E-state index contributed by atoms with van der Waals surface area (Å²) < 4.78 is 16.4. The highest BCUT2D eigenvalue weighted by Crippen LogP contribution is 2.29. The summed E-state index contributed by atoms with van der Waals surface area (Å²) in [5.41, 5.74) is 2.51. The largest absolute Gasteiger partial charge is 0.493 e. The van der Waals surface area contributed by atoms with E-state index >= 15 is 0 Å². The van der Waals surface area contributed by atoms with Crippen LogP contribution in [0, 0.1) is 11.3 Å². The summed E-state index contributed by atoms with van der Waals surface area (Å²) in [6.45, 7) is 0.250. The lowest BCUT2D eigenvalue weighted by Crippen LogP contribution is -2.12. The SMILES string of the molecule is COc1ccc(C(=O)Nc2n[nH]c3ccc(OCc4ccccc4C#N)cc23)cc1OC. The Morgan fingerprint density at radius 1 is 1.06 bits per heavy atom. The van der Waals surface area contributed by atoms with E-state index in [4.69, 9.17) is 14.2 Å². The number of hydrogen-bond acceptors (Lipinski definition) is 6. The van der Waals surface area contributed by atoms with Crippen LogP contribution in [0.5, 0.6) is 17.2 Å². The van der Waals surface area contributed by atoms with Gasteiger partial charge in [-0.25, -0.2) is 0 Å². The molecule has 0 aliphatic rings. The normalized spacial score (nSPS) is 10.4. The lowest BCUT2D eigenvalue weighted by atomic mass is 10.1. The first kappa shape index (κ1) is 20.8. The molecule has 0 atom stereocenters. The Kier molecular flexibility index (Phi) is 5.90. The molecule has 0 saturated heterocycles. The van der Waals surface area contributed by atoms with Gasteiger partial charge in [0.05, 0.1) is 31.4 Å². The van der Waals surface area contributed by atoms with Gasteiger partial charge in [0.1, 0.15) is 12.4 Å². The molecular formula is C24H20N4O4. The number of amides is 1. The maximum absolute atomic E-state index is 12.8. The molecule has 0 radical (unpaired) electrons. The van der Waals surface area contributed by atoms with E-state index in [0.717, 1.165) is 11.1 Å². The van der Waals surface area contributed by atoms with E-state index in [2.05, 4.69) is 21.6 Å². The number of fused-ring (bicyclic) bond motifs is 1. The van der Waals surface area contributed by atoms with Crippen LogP contribution < -0.4 is 19.5 Å². The standard InChI is InChI=1S/C24H20N4O4/c1-30-21-10-7-15(11-22(21)31-2)24(29)26-23-19-12-18(8-9-20(19)27-28-23)32-14-17-6-4-3-5-16(17)13-25/h3-12H,14H2,1-2H3,(H2,26,27,28,29). The number of methoxy groups -OCH3 is 2. The molecule has 0 bridgehead atoms. The van der Waals surface area contributed by atoms with Crippen LogP contribution >= 0.6 is 0 Å². The van der Waals surface area contributed by atoms with Gasteiger partial charge in [-0.3, -0.25) is 9.89 Å². The zero-order chi connectivity index (χ0) is 22.5. The van der Waals surface area contributed by atoms with Gasteiger partial charge in [-0.2, -0.15) is 10.4 Å². The van der Waals surface area contributed by atoms with Gasteiger partial charge in [0.2, 0.25) is 0 Å². The van der Waals surface area contributed by atoms with Crippen LogP contribution in [-0.4, -0.2) is 30.3 Å². The average Bonchev–Trinajstić information content (AvgIpc) is 3.24. The maximum atomic E-state index is 12.8. The number of anilines is 1.